The molecule has 4 rings (SSSR count). The molecule has 29 heavy (non-hydrogen) atoms. The number of benzene rings is 4. The third-order valence-electron chi connectivity index (χ3n) is 4.83. The fourth-order valence-corrected chi connectivity index (χ4v) is 3.97. The van der Waals surface area contributed by atoms with Crippen molar-refractivity contribution in [1.82, 2.24) is 0 Å². The number of fused-ring (bicyclic) bond motifs is 1. The zero-order chi connectivity index (χ0) is 20.4. The number of aromatic hydroxyl groups is 1. The van der Waals surface area contributed by atoms with Crippen molar-refractivity contribution in [3.8, 4) is 17.2 Å². The molecule has 146 valence electrons. The summed E-state index contributed by atoms with van der Waals surface area (Å²) in [6.45, 7) is 6.67. The largest absolute Gasteiger partial charge is 0.504 e. The van der Waals surface area contributed by atoms with Gasteiger partial charge >= 0.3 is 0 Å². The van der Waals surface area contributed by atoms with Crippen molar-refractivity contribution in [2.75, 3.05) is 0 Å². The second-order valence-corrected chi connectivity index (χ2v) is 9.26. The predicted molar refractivity (Wildman–Crippen MR) is 121 cm³/mol. The van der Waals surface area contributed by atoms with Crippen LogP contribution in [0.15, 0.2) is 94.7 Å². The molecule has 0 saturated heterocycles. The first-order valence-corrected chi connectivity index (χ1v) is 10.5. The molecule has 0 heterocycles. The first kappa shape index (κ1) is 19.4. The van der Waals surface area contributed by atoms with E-state index in [1.807, 2.05) is 54.6 Å². The SMILES string of the molecule is CC(C)(C)c1ccc(Sc2ccc(Oc3cc4ccccc4cc3O)cc2)cc1. The number of phenolic OH excluding ortho intramolecular Hbond substituents is 1. The van der Waals surface area contributed by atoms with Crippen molar-refractivity contribution in [1.29, 1.82) is 0 Å². The van der Waals surface area contributed by atoms with Gasteiger partial charge in [0.25, 0.3) is 0 Å². The minimum Gasteiger partial charge on any atom is -0.504 e. The minimum absolute atomic E-state index is 0.140. The van der Waals surface area contributed by atoms with Gasteiger partial charge < -0.3 is 9.84 Å². The number of ether oxygens (including phenoxy) is 1. The molecule has 0 bridgehead atoms. The summed E-state index contributed by atoms with van der Waals surface area (Å²) in [5, 5.41) is 12.3. The van der Waals surface area contributed by atoms with Crippen LogP contribution in [-0.2, 0) is 5.41 Å². The van der Waals surface area contributed by atoms with Gasteiger partial charge in [0.1, 0.15) is 5.75 Å². The van der Waals surface area contributed by atoms with E-state index in [0.717, 1.165) is 15.7 Å². The van der Waals surface area contributed by atoms with Crippen molar-refractivity contribution in [3.05, 3.63) is 90.5 Å². The number of hydrogen-bond donors (Lipinski definition) is 1. The van der Waals surface area contributed by atoms with Gasteiger partial charge in [0.15, 0.2) is 11.5 Å². The number of hydrogen-bond acceptors (Lipinski definition) is 3. The van der Waals surface area contributed by atoms with E-state index in [-0.39, 0.29) is 11.2 Å². The standard InChI is InChI=1S/C26H24O2S/c1-26(2,3)20-8-12-22(13-9-20)29-23-14-10-21(11-15-23)28-25-17-19-7-5-4-6-18(19)16-24(25)27/h4-17,27H,1-3H3. The maximum absolute atomic E-state index is 10.3. The summed E-state index contributed by atoms with van der Waals surface area (Å²) >= 11 is 1.72. The van der Waals surface area contributed by atoms with Crippen molar-refractivity contribution in [3.63, 3.8) is 0 Å². The molecule has 0 aliphatic heterocycles. The molecule has 0 atom stereocenters. The first-order chi connectivity index (χ1) is 13.9. The third kappa shape index (κ3) is 4.57. The molecule has 0 aliphatic rings. The smallest absolute Gasteiger partial charge is 0.169 e. The lowest BCUT2D eigenvalue weighted by molar-refractivity contribution is 0.412. The van der Waals surface area contributed by atoms with Gasteiger partial charge in [-0.25, -0.2) is 0 Å². The highest BCUT2D eigenvalue weighted by molar-refractivity contribution is 7.99. The minimum atomic E-state index is 0.140. The van der Waals surface area contributed by atoms with Crippen molar-refractivity contribution in [2.24, 2.45) is 0 Å². The molecule has 3 heteroatoms. The van der Waals surface area contributed by atoms with Crippen LogP contribution in [0.25, 0.3) is 10.8 Å². The van der Waals surface area contributed by atoms with E-state index in [1.54, 1.807) is 17.8 Å². The molecule has 0 aromatic heterocycles. The van der Waals surface area contributed by atoms with Gasteiger partial charge in [-0.3, -0.25) is 0 Å². The molecule has 4 aromatic rings. The van der Waals surface area contributed by atoms with Crippen LogP contribution in [0.1, 0.15) is 26.3 Å². The Hall–Kier alpha value is -2.91. The Morgan fingerprint density at radius 1 is 0.724 bits per heavy atom. The average molecular weight is 401 g/mol. The van der Waals surface area contributed by atoms with Gasteiger partial charge in [0.05, 0.1) is 0 Å². The van der Waals surface area contributed by atoms with Crippen LogP contribution in [0, 0.1) is 0 Å². The molecular weight excluding hydrogens is 376 g/mol. The van der Waals surface area contributed by atoms with Gasteiger partial charge in [-0.15, -0.1) is 0 Å². The molecule has 0 amide bonds. The molecular formula is C26H24O2S. The molecule has 1 N–H and O–H groups in total. The zero-order valence-corrected chi connectivity index (χ0v) is 17.7. The summed E-state index contributed by atoms with van der Waals surface area (Å²) in [7, 11) is 0. The van der Waals surface area contributed by atoms with Gasteiger partial charge in [-0.1, -0.05) is 68.9 Å². The summed E-state index contributed by atoms with van der Waals surface area (Å²) in [6.07, 6.45) is 0. The molecule has 4 aromatic carbocycles. The molecule has 0 radical (unpaired) electrons. The monoisotopic (exact) mass is 400 g/mol. The summed E-state index contributed by atoms with van der Waals surface area (Å²) in [5.41, 5.74) is 1.50. The number of phenols is 1. The Kier molecular flexibility index (Phi) is 5.25. The quantitative estimate of drug-likeness (QED) is 0.379. The van der Waals surface area contributed by atoms with Crippen LogP contribution in [0.2, 0.25) is 0 Å². The van der Waals surface area contributed by atoms with Crippen molar-refractivity contribution < 1.29 is 9.84 Å². The zero-order valence-electron chi connectivity index (χ0n) is 16.8. The predicted octanol–water partition coefficient (Wildman–Crippen LogP) is 7.79. The molecule has 0 spiro atoms. The fourth-order valence-electron chi connectivity index (χ4n) is 3.15. The average Bonchev–Trinajstić information content (AvgIpc) is 2.70. The van der Waals surface area contributed by atoms with E-state index < -0.39 is 0 Å². The maximum Gasteiger partial charge on any atom is 0.169 e. The normalized spacial score (nSPS) is 11.6. The second-order valence-electron chi connectivity index (χ2n) is 8.12. The van der Waals surface area contributed by atoms with Crippen LogP contribution in [0.4, 0.5) is 0 Å². The molecule has 0 unspecified atom stereocenters. The Bertz CT molecular complexity index is 1120. The van der Waals surface area contributed by atoms with Crippen molar-refractivity contribution in [2.45, 2.75) is 36.0 Å². The van der Waals surface area contributed by atoms with Crippen LogP contribution in [0.5, 0.6) is 17.2 Å². The van der Waals surface area contributed by atoms with Gasteiger partial charge in [0, 0.05) is 9.79 Å². The van der Waals surface area contributed by atoms with E-state index in [0.29, 0.717) is 11.5 Å². The van der Waals surface area contributed by atoms with E-state index in [2.05, 4.69) is 45.0 Å². The maximum atomic E-state index is 10.3. The Morgan fingerprint density at radius 2 is 1.28 bits per heavy atom. The van der Waals surface area contributed by atoms with E-state index in [9.17, 15) is 5.11 Å². The van der Waals surface area contributed by atoms with Crippen LogP contribution in [-0.4, -0.2) is 5.11 Å². The van der Waals surface area contributed by atoms with Crippen LogP contribution >= 0.6 is 11.8 Å². The highest BCUT2D eigenvalue weighted by Gasteiger charge is 2.13. The fraction of sp³-hybridized carbons (Fsp3) is 0.154. The molecule has 2 nitrogen and oxygen atoms in total. The van der Waals surface area contributed by atoms with Gasteiger partial charge in [0.2, 0.25) is 0 Å². The van der Waals surface area contributed by atoms with Gasteiger partial charge in [-0.2, -0.15) is 0 Å². The second kappa shape index (κ2) is 7.84. The summed E-state index contributed by atoms with van der Waals surface area (Å²) in [5.74, 6) is 1.30. The highest BCUT2D eigenvalue weighted by atomic mass is 32.2. The Labute approximate surface area is 176 Å². The highest BCUT2D eigenvalue weighted by Crippen LogP contribution is 2.36. The Balaban J connectivity index is 1.47. The summed E-state index contributed by atoms with van der Waals surface area (Å²) in [4.78, 5) is 2.35. The van der Waals surface area contributed by atoms with Crippen molar-refractivity contribution >= 4 is 22.5 Å². The summed E-state index contributed by atoms with van der Waals surface area (Å²) in [6, 6.07) is 28.2. The lowest BCUT2D eigenvalue weighted by Gasteiger charge is -2.19. The molecule has 0 aliphatic carbocycles. The van der Waals surface area contributed by atoms with Crippen LogP contribution in [0.3, 0.4) is 0 Å². The lowest BCUT2D eigenvalue weighted by Crippen LogP contribution is -2.10. The molecule has 0 saturated carbocycles. The molecule has 0 fully saturated rings. The van der Waals surface area contributed by atoms with Crippen LogP contribution < -0.4 is 4.74 Å². The van der Waals surface area contributed by atoms with Gasteiger partial charge in [-0.05, 0) is 70.3 Å². The van der Waals surface area contributed by atoms with E-state index >= 15 is 0 Å². The Morgan fingerprint density at radius 3 is 1.86 bits per heavy atom. The number of rotatable bonds is 4. The van der Waals surface area contributed by atoms with E-state index in [1.165, 1.54) is 10.5 Å². The van der Waals surface area contributed by atoms with E-state index in [4.69, 9.17) is 4.74 Å². The lowest BCUT2D eigenvalue weighted by atomic mass is 9.87. The summed E-state index contributed by atoms with van der Waals surface area (Å²) < 4.78 is 5.92. The third-order valence-corrected chi connectivity index (χ3v) is 5.85. The topological polar surface area (TPSA) is 29.5 Å². The first-order valence-electron chi connectivity index (χ1n) is 9.66.